The molecule has 0 aliphatic heterocycles. The molecule has 0 radical (unpaired) electrons. The normalized spacial score (nSPS) is 23.1. The van der Waals surface area contributed by atoms with E-state index in [1.54, 1.807) is 18.2 Å². The Morgan fingerprint density at radius 2 is 2.22 bits per heavy atom. The fourth-order valence-electron chi connectivity index (χ4n) is 2.27. The van der Waals surface area contributed by atoms with Crippen LogP contribution < -0.4 is 5.32 Å². The average Bonchev–Trinajstić information content (AvgIpc) is 2.70. The van der Waals surface area contributed by atoms with E-state index >= 15 is 0 Å². The molecule has 0 bridgehead atoms. The lowest BCUT2D eigenvalue weighted by molar-refractivity contribution is 0.0916. The first-order chi connectivity index (χ1) is 8.56. The predicted octanol–water partition coefficient (Wildman–Crippen LogP) is 2.99. The van der Waals surface area contributed by atoms with E-state index < -0.39 is 0 Å². The largest absolute Gasteiger partial charge is 0.393 e. The summed E-state index contributed by atoms with van der Waals surface area (Å²) in [5, 5.41) is 13.1. The van der Waals surface area contributed by atoms with Crippen molar-refractivity contribution in [1.82, 2.24) is 5.32 Å². The summed E-state index contributed by atoms with van der Waals surface area (Å²) in [4.78, 5) is 11.9. The van der Waals surface area contributed by atoms with Crippen molar-refractivity contribution in [2.75, 3.05) is 6.54 Å². The number of carbonyl (C=O) groups is 1. The lowest BCUT2D eigenvalue weighted by atomic mass is 10.1. The zero-order valence-corrected chi connectivity index (χ0v) is 12.2. The van der Waals surface area contributed by atoms with Gasteiger partial charge in [0.05, 0.1) is 6.10 Å². The molecule has 2 unspecified atom stereocenters. The van der Waals surface area contributed by atoms with Crippen LogP contribution in [0.5, 0.6) is 0 Å². The first-order valence-corrected chi connectivity index (χ1v) is 7.15. The minimum atomic E-state index is -0.281. The second-order valence-electron chi connectivity index (χ2n) is 4.63. The molecule has 0 aromatic heterocycles. The standard InChI is InChI=1S/C13H15BrClNO2/c14-10-4-9(5-11(15)6-10)13(18)16-7-8-2-1-3-12(8)17/h4-6,8,12,17H,1-3,7H2,(H,16,18). The van der Waals surface area contributed by atoms with Crippen LogP contribution in [0.1, 0.15) is 29.6 Å². The van der Waals surface area contributed by atoms with E-state index in [0.29, 0.717) is 17.1 Å². The Morgan fingerprint density at radius 1 is 1.44 bits per heavy atom. The summed E-state index contributed by atoms with van der Waals surface area (Å²) >= 11 is 9.20. The molecule has 3 nitrogen and oxygen atoms in total. The maximum Gasteiger partial charge on any atom is 0.251 e. The van der Waals surface area contributed by atoms with Crippen molar-refractivity contribution < 1.29 is 9.90 Å². The van der Waals surface area contributed by atoms with Gasteiger partial charge < -0.3 is 10.4 Å². The third kappa shape index (κ3) is 3.46. The molecule has 2 N–H and O–H groups in total. The number of halogens is 2. The van der Waals surface area contributed by atoms with Crippen LogP contribution in [0.25, 0.3) is 0 Å². The van der Waals surface area contributed by atoms with Crippen LogP contribution in [-0.4, -0.2) is 23.7 Å². The van der Waals surface area contributed by atoms with E-state index in [9.17, 15) is 9.90 Å². The summed E-state index contributed by atoms with van der Waals surface area (Å²) in [5.74, 6) is 0.0221. The number of hydrogen-bond donors (Lipinski definition) is 2. The van der Waals surface area contributed by atoms with E-state index in [-0.39, 0.29) is 17.9 Å². The average molecular weight is 333 g/mol. The van der Waals surface area contributed by atoms with Gasteiger partial charge in [-0.25, -0.2) is 0 Å². The van der Waals surface area contributed by atoms with E-state index in [1.807, 2.05) is 0 Å². The smallest absolute Gasteiger partial charge is 0.251 e. The Morgan fingerprint density at radius 3 is 2.83 bits per heavy atom. The second kappa shape index (κ2) is 6.04. The van der Waals surface area contributed by atoms with Crippen LogP contribution in [0.2, 0.25) is 5.02 Å². The van der Waals surface area contributed by atoms with Crippen LogP contribution in [-0.2, 0) is 0 Å². The maximum atomic E-state index is 11.9. The fourth-order valence-corrected chi connectivity index (χ4v) is 3.13. The highest BCUT2D eigenvalue weighted by molar-refractivity contribution is 9.10. The zero-order chi connectivity index (χ0) is 13.1. The third-order valence-electron chi connectivity index (χ3n) is 3.27. The van der Waals surface area contributed by atoms with Gasteiger partial charge in [0.25, 0.3) is 5.91 Å². The van der Waals surface area contributed by atoms with Gasteiger partial charge in [-0.2, -0.15) is 0 Å². The monoisotopic (exact) mass is 331 g/mol. The van der Waals surface area contributed by atoms with Gasteiger partial charge in [0, 0.05) is 27.5 Å². The number of hydrogen-bond acceptors (Lipinski definition) is 2. The molecule has 98 valence electrons. The van der Waals surface area contributed by atoms with Gasteiger partial charge in [-0.1, -0.05) is 34.0 Å². The topological polar surface area (TPSA) is 49.3 Å². The van der Waals surface area contributed by atoms with Gasteiger partial charge in [-0.05, 0) is 31.0 Å². The molecule has 1 fully saturated rings. The molecular weight excluding hydrogens is 318 g/mol. The highest BCUT2D eigenvalue weighted by atomic mass is 79.9. The molecule has 0 saturated heterocycles. The molecule has 1 saturated carbocycles. The Hall–Kier alpha value is -0.580. The lowest BCUT2D eigenvalue weighted by Gasteiger charge is -2.15. The minimum absolute atomic E-state index is 0.155. The van der Waals surface area contributed by atoms with Crippen LogP contribution in [0, 0.1) is 5.92 Å². The van der Waals surface area contributed by atoms with Crippen LogP contribution >= 0.6 is 27.5 Å². The van der Waals surface area contributed by atoms with Gasteiger partial charge in [0.1, 0.15) is 0 Å². The molecule has 1 aromatic carbocycles. The predicted molar refractivity (Wildman–Crippen MR) is 74.8 cm³/mol. The molecular formula is C13H15BrClNO2. The van der Waals surface area contributed by atoms with Crippen molar-refractivity contribution in [3.63, 3.8) is 0 Å². The molecule has 0 heterocycles. The maximum absolute atomic E-state index is 11.9. The Labute approximate surface area is 120 Å². The highest BCUT2D eigenvalue weighted by Gasteiger charge is 2.25. The number of aliphatic hydroxyl groups excluding tert-OH is 1. The molecule has 0 spiro atoms. The highest BCUT2D eigenvalue weighted by Crippen LogP contribution is 2.25. The third-order valence-corrected chi connectivity index (χ3v) is 3.94. The fraction of sp³-hybridized carbons (Fsp3) is 0.462. The summed E-state index contributed by atoms with van der Waals surface area (Å²) in [6.45, 7) is 0.518. The number of benzene rings is 1. The molecule has 2 atom stereocenters. The van der Waals surface area contributed by atoms with Crippen LogP contribution in [0.15, 0.2) is 22.7 Å². The van der Waals surface area contributed by atoms with Gasteiger partial charge >= 0.3 is 0 Å². The van der Waals surface area contributed by atoms with E-state index in [0.717, 1.165) is 23.7 Å². The van der Waals surface area contributed by atoms with Gasteiger partial charge in [0.15, 0.2) is 0 Å². The zero-order valence-electron chi connectivity index (χ0n) is 9.83. The number of nitrogens with one attached hydrogen (secondary N) is 1. The summed E-state index contributed by atoms with van der Waals surface area (Å²) in [5.41, 5.74) is 0.530. The van der Waals surface area contributed by atoms with Crippen molar-refractivity contribution in [2.45, 2.75) is 25.4 Å². The van der Waals surface area contributed by atoms with Crippen molar-refractivity contribution >= 4 is 33.4 Å². The summed E-state index contributed by atoms with van der Waals surface area (Å²) < 4.78 is 0.779. The molecule has 1 aliphatic carbocycles. The number of amides is 1. The lowest BCUT2D eigenvalue weighted by Crippen LogP contribution is -2.32. The molecule has 5 heteroatoms. The van der Waals surface area contributed by atoms with Gasteiger partial charge in [-0.3, -0.25) is 4.79 Å². The van der Waals surface area contributed by atoms with E-state index in [2.05, 4.69) is 21.2 Å². The molecule has 1 amide bonds. The van der Waals surface area contributed by atoms with E-state index in [4.69, 9.17) is 11.6 Å². The molecule has 1 aliphatic rings. The molecule has 2 rings (SSSR count). The Bertz CT molecular complexity index is 432. The van der Waals surface area contributed by atoms with Crippen molar-refractivity contribution in [1.29, 1.82) is 0 Å². The van der Waals surface area contributed by atoms with Crippen molar-refractivity contribution in [3.8, 4) is 0 Å². The van der Waals surface area contributed by atoms with Gasteiger partial charge in [-0.15, -0.1) is 0 Å². The molecule has 18 heavy (non-hydrogen) atoms. The number of rotatable bonds is 3. The number of aliphatic hydroxyl groups is 1. The minimum Gasteiger partial charge on any atom is -0.393 e. The van der Waals surface area contributed by atoms with Crippen molar-refractivity contribution in [2.24, 2.45) is 5.92 Å². The first-order valence-electron chi connectivity index (χ1n) is 5.98. The Balaban J connectivity index is 1.95. The summed E-state index contributed by atoms with van der Waals surface area (Å²) in [7, 11) is 0. The van der Waals surface area contributed by atoms with Crippen molar-refractivity contribution in [3.05, 3.63) is 33.3 Å². The van der Waals surface area contributed by atoms with Gasteiger partial charge in [0.2, 0.25) is 0 Å². The molecule has 1 aromatic rings. The van der Waals surface area contributed by atoms with Crippen LogP contribution in [0.3, 0.4) is 0 Å². The quantitative estimate of drug-likeness (QED) is 0.894. The second-order valence-corrected chi connectivity index (χ2v) is 5.98. The summed E-state index contributed by atoms with van der Waals surface area (Å²) in [6.07, 6.45) is 2.56. The van der Waals surface area contributed by atoms with Crippen LogP contribution in [0.4, 0.5) is 0 Å². The first kappa shape index (κ1) is 13.8. The van der Waals surface area contributed by atoms with E-state index in [1.165, 1.54) is 0 Å². The summed E-state index contributed by atoms with van der Waals surface area (Å²) in [6, 6.07) is 5.10. The Kier molecular flexibility index (Phi) is 4.65. The SMILES string of the molecule is O=C(NCC1CCCC1O)c1cc(Cl)cc(Br)c1. The number of carbonyl (C=O) groups excluding carboxylic acids is 1.